The van der Waals surface area contributed by atoms with Crippen LogP contribution in [0.15, 0.2) is 29.2 Å². The molecule has 0 aliphatic rings. The summed E-state index contributed by atoms with van der Waals surface area (Å²) in [6.45, 7) is 1.82. The summed E-state index contributed by atoms with van der Waals surface area (Å²) in [5, 5.41) is 7.79. The molecule has 1 aromatic carbocycles. The van der Waals surface area contributed by atoms with Crippen molar-refractivity contribution in [1.29, 1.82) is 0 Å². The lowest BCUT2D eigenvalue weighted by Gasteiger charge is -2.06. The SMILES string of the molecule is COCCOCCC(=O)NCCc1ccc(S(N)(=O)=O)cc1. The standard InChI is InChI=1S/C14H22N2O5S/c1-20-10-11-21-9-7-14(17)16-8-6-12-2-4-13(5-3-12)22(15,18)19/h2-5H,6-11H2,1H3,(H,16,17)(H2,15,18,19). The fourth-order valence-corrected chi connectivity index (χ4v) is 2.21. The van der Waals surface area contributed by atoms with E-state index in [1.165, 1.54) is 12.1 Å². The molecule has 1 rings (SSSR count). The fourth-order valence-electron chi connectivity index (χ4n) is 1.69. The number of rotatable bonds is 10. The van der Waals surface area contributed by atoms with Crippen LogP contribution in [0.5, 0.6) is 0 Å². The fraction of sp³-hybridized carbons (Fsp3) is 0.500. The van der Waals surface area contributed by atoms with Gasteiger partial charge in [0.15, 0.2) is 0 Å². The monoisotopic (exact) mass is 330 g/mol. The molecule has 7 nitrogen and oxygen atoms in total. The van der Waals surface area contributed by atoms with Gasteiger partial charge in [-0.2, -0.15) is 0 Å². The number of amides is 1. The van der Waals surface area contributed by atoms with E-state index in [2.05, 4.69) is 5.32 Å². The minimum absolute atomic E-state index is 0.0773. The molecule has 0 bridgehead atoms. The summed E-state index contributed by atoms with van der Waals surface area (Å²) < 4.78 is 32.3. The van der Waals surface area contributed by atoms with Gasteiger partial charge in [-0.15, -0.1) is 0 Å². The zero-order valence-corrected chi connectivity index (χ0v) is 13.4. The van der Waals surface area contributed by atoms with Crippen LogP contribution in [0.4, 0.5) is 0 Å². The zero-order valence-electron chi connectivity index (χ0n) is 12.6. The van der Waals surface area contributed by atoms with Gasteiger partial charge in [0.25, 0.3) is 0 Å². The molecule has 8 heteroatoms. The molecule has 0 aromatic heterocycles. The first-order valence-electron chi connectivity index (χ1n) is 6.88. The first kappa shape index (κ1) is 18.6. The van der Waals surface area contributed by atoms with Crippen LogP contribution in [0.3, 0.4) is 0 Å². The van der Waals surface area contributed by atoms with E-state index in [9.17, 15) is 13.2 Å². The Balaban J connectivity index is 2.22. The molecule has 0 saturated carbocycles. The van der Waals surface area contributed by atoms with Gasteiger partial charge < -0.3 is 14.8 Å². The lowest BCUT2D eigenvalue weighted by atomic mass is 10.1. The van der Waals surface area contributed by atoms with Crippen molar-refractivity contribution >= 4 is 15.9 Å². The van der Waals surface area contributed by atoms with Crippen LogP contribution >= 0.6 is 0 Å². The van der Waals surface area contributed by atoms with E-state index in [4.69, 9.17) is 14.6 Å². The van der Waals surface area contributed by atoms with Crippen LogP contribution in [-0.4, -0.2) is 47.8 Å². The Morgan fingerprint density at radius 1 is 1.18 bits per heavy atom. The Kier molecular flexibility index (Phi) is 8.03. The van der Waals surface area contributed by atoms with E-state index in [1.807, 2.05) is 0 Å². The van der Waals surface area contributed by atoms with E-state index >= 15 is 0 Å². The van der Waals surface area contributed by atoms with Crippen LogP contribution in [0.1, 0.15) is 12.0 Å². The molecule has 0 unspecified atom stereocenters. The summed E-state index contributed by atoms with van der Waals surface area (Å²) in [6, 6.07) is 6.27. The van der Waals surface area contributed by atoms with Gasteiger partial charge in [0.1, 0.15) is 0 Å². The number of benzene rings is 1. The molecule has 22 heavy (non-hydrogen) atoms. The summed E-state index contributed by atoms with van der Waals surface area (Å²) >= 11 is 0. The minimum Gasteiger partial charge on any atom is -0.382 e. The number of primary sulfonamides is 1. The van der Waals surface area contributed by atoms with Gasteiger partial charge in [0, 0.05) is 20.1 Å². The molecule has 0 aliphatic carbocycles. The third kappa shape index (κ3) is 7.51. The lowest BCUT2D eigenvalue weighted by Crippen LogP contribution is -2.26. The highest BCUT2D eigenvalue weighted by Crippen LogP contribution is 2.08. The van der Waals surface area contributed by atoms with Crippen LogP contribution < -0.4 is 10.5 Å². The van der Waals surface area contributed by atoms with E-state index in [0.717, 1.165) is 5.56 Å². The van der Waals surface area contributed by atoms with Crippen molar-refractivity contribution in [3.05, 3.63) is 29.8 Å². The molecule has 0 saturated heterocycles. The maximum Gasteiger partial charge on any atom is 0.238 e. The number of nitrogens with one attached hydrogen (secondary N) is 1. The summed E-state index contributed by atoms with van der Waals surface area (Å²) in [6.07, 6.45) is 0.912. The summed E-state index contributed by atoms with van der Waals surface area (Å²) in [5.41, 5.74) is 0.920. The molecular formula is C14H22N2O5S. The number of ether oxygens (including phenoxy) is 2. The van der Waals surface area contributed by atoms with Crippen molar-refractivity contribution in [1.82, 2.24) is 5.32 Å². The molecule has 1 amide bonds. The lowest BCUT2D eigenvalue weighted by molar-refractivity contribution is -0.122. The third-order valence-corrected chi connectivity index (χ3v) is 3.82. The Hall–Kier alpha value is -1.48. The largest absolute Gasteiger partial charge is 0.382 e. The van der Waals surface area contributed by atoms with E-state index < -0.39 is 10.0 Å². The van der Waals surface area contributed by atoms with Crippen LogP contribution in [0.2, 0.25) is 0 Å². The third-order valence-electron chi connectivity index (χ3n) is 2.89. The highest BCUT2D eigenvalue weighted by atomic mass is 32.2. The van der Waals surface area contributed by atoms with Crippen LogP contribution in [0.25, 0.3) is 0 Å². The second kappa shape index (κ2) is 9.52. The first-order chi connectivity index (χ1) is 10.4. The number of carbonyl (C=O) groups excluding carboxylic acids is 1. The van der Waals surface area contributed by atoms with Crippen molar-refractivity contribution in [3.8, 4) is 0 Å². The molecular weight excluding hydrogens is 308 g/mol. The number of hydrogen-bond acceptors (Lipinski definition) is 5. The average Bonchev–Trinajstić information content (AvgIpc) is 2.46. The van der Waals surface area contributed by atoms with Gasteiger partial charge in [-0.3, -0.25) is 4.79 Å². The quantitative estimate of drug-likeness (QED) is 0.589. The van der Waals surface area contributed by atoms with Crippen molar-refractivity contribution < 1.29 is 22.7 Å². The summed E-state index contributed by atoms with van der Waals surface area (Å²) in [4.78, 5) is 11.6. The van der Waals surface area contributed by atoms with Crippen molar-refractivity contribution in [2.45, 2.75) is 17.7 Å². The van der Waals surface area contributed by atoms with Gasteiger partial charge >= 0.3 is 0 Å². The normalized spacial score (nSPS) is 11.4. The summed E-state index contributed by atoms with van der Waals surface area (Å²) in [7, 11) is -2.07. The van der Waals surface area contributed by atoms with Gasteiger partial charge in [-0.05, 0) is 24.1 Å². The Morgan fingerprint density at radius 2 is 1.86 bits per heavy atom. The van der Waals surface area contributed by atoms with Crippen LogP contribution in [0, 0.1) is 0 Å². The number of carbonyl (C=O) groups is 1. The molecule has 0 radical (unpaired) electrons. The molecule has 3 N–H and O–H groups in total. The topological polar surface area (TPSA) is 108 Å². The van der Waals surface area contributed by atoms with E-state index in [-0.39, 0.29) is 10.8 Å². The van der Waals surface area contributed by atoms with E-state index in [1.54, 1.807) is 19.2 Å². The molecule has 0 aliphatic heterocycles. The second-order valence-corrected chi connectivity index (χ2v) is 6.21. The average molecular weight is 330 g/mol. The highest BCUT2D eigenvalue weighted by molar-refractivity contribution is 7.89. The highest BCUT2D eigenvalue weighted by Gasteiger charge is 2.07. The maximum atomic E-state index is 11.5. The number of sulfonamides is 1. The predicted octanol–water partition coefficient (Wildman–Crippen LogP) is 0.0458. The molecule has 0 heterocycles. The van der Waals surface area contributed by atoms with Gasteiger partial charge in [-0.25, -0.2) is 13.6 Å². The van der Waals surface area contributed by atoms with E-state index in [0.29, 0.717) is 39.2 Å². The molecule has 0 fully saturated rings. The second-order valence-electron chi connectivity index (χ2n) is 4.64. The molecule has 1 aromatic rings. The van der Waals surface area contributed by atoms with Crippen LogP contribution in [-0.2, 0) is 30.7 Å². The number of hydrogen-bond donors (Lipinski definition) is 2. The van der Waals surface area contributed by atoms with Gasteiger partial charge in [-0.1, -0.05) is 12.1 Å². The maximum absolute atomic E-state index is 11.5. The molecule has 124 valence electrons. The molecule has 0 atom stereocenters. The first-order valence-corrected chi connectivity index (χ1v) is 8.43. The smallest absolute Gasteiger partial charge is 0.238 e. The van der Waals surface area contributed by atoms with Gasteiger partial charge in [0.2, 0.25) is 15.9 Å². The van der Waals surface area contributed by atoms with Crippen molar-refractivity contribution in [3.63, 3.8) is 0 Å². The minimum atomic E-state index is -3.66. The zero-order chi connectivity index (χ0) is 16.4. The Bertz CT molecular complexity index is 557. The van der Waals surface area contributed by atoms with Gasteiger partial charge in [0.05, 0.1) is 24.7 Å². The van der Waals surface area contributed by atoms with Crippen molar-refractivity contribution in [2.75, 3.05) is 33.5 Å². The number of nitrogens with two attached hydrogens (primary N) is 1. The predicted molar refractivity (Wildman–Crippen MR) is 81.8 cm³/mol. The number of methoxy groups -OCH3 is 1. The molecule has 0 spiro atoms. The Labute approximate surface area is 130 Å². The van der Waals surface area contributed by atoms with Crippen molar-refractivity contribution in [2.24, 2.45) is 5.14 Å². The Morgan fingerprint density at radius 3 is 2.45 bits per heavy atom. The summed E-state index contributed by atoms with van der Waals surface area (Å²) in [5.74, 6) is -0.0847.